The highest BCUT2D eigenvalue weighted by atomic mass is 19.1. The molecule has 0 amide bonds. The molecule has 1 heterocycles. The molecule has 110 valence electrons. The zero-order valence-corrected chi connectivity index (χ0v) is 11.6. The van der Waals surface area contributed by atoms with Gasteiger partial charge in [0.25, 0.3) is 5.69 Å². The smallest absolute Gasteiger partial charge is 0.259 e. The zero-order chi connectivity index (χ0) is 15.7. The number of halogens is 1. The molecule has 0 aliphatic heterocycles. The number of nitrogens with one attached hydrogen (secondary N) is 1. The van der Waals surface area contributed by atoms with Gasteiger partial charge in [-0.1, -0.05) is 6.07 Å². The summed E-state index contributed by atoms with van der Waals surface area (Å²) in [5.74, 6) is 0.496. The summed E-state index contributed by atoms with van der Waals surface area (Å²) in [4.78, 5) is 14.8. The molecule has 1 N–H and O–H groups in total. The molecule has 6 nitrogen and oxygen atoms in total. The highest BCUT2D eigenvalue weighted by molar-refractivity contribution is 5.66. The number of nitrogens with zero attached hydrogens (tertiary/aromatic N) is 3. The number of rotatable bonds is 3. The molecule has 0 spiro atoms. The van der Waals surface area contributed by atoms with E-state index in [0.717, 1.165) is 5.56 Å². The van der Waals surface area contributed by atoms with Gasteiger partial charge in [-0.05, 0) is 36.8 Å². The van der Waals surface area contributed by atoms with Crippen LogP contribution in [0.1, 0.15) is 5.56 Å². The van der Waals surface area contributed by atoms with Crippen LogP contribution in [0.2, 0.25) is 0 Å². The summed E-state index contributed by atoms with van der Waals surface area (Å²) in [6.07, 6.45) is 0. The Morgan fingerprint density at radius 1 is 1.18 bits per heavy atom. The van der Waals surface area contributed by atoms with E-state index in [0.29, 0.717) is 22.8 Å². The Balaban J connectivity index is 2.02. The van der Waals surface area contributed by atoms with Crippen molar-refractivity contribution in [2.75, 3.05) is 0 Å². The average Bonchev–Trinajstić information content (AvgIpc) is 2.98. The van der Waals surface area contributed by atoms with E-state index in [1.54, 1.807) is 18.2 Å². The number of aromatic amines is 1. The van der Waals surface area contributed by atoms with Crippen LogP contribution < -0.4 is 0 Å². The summed E-state index contributed by atoms with van der Waals surface area (Å²) in [5, 5.41) is 17.7. The summed E-state index contributed by atoms with van der Waals surface area (Å²) in [7, 11) is 0. The number of hydrogen-bond acceptors (Lipinski definition) is 4. The van der Waals surface area contributed by atoms with Crippen LogP contribution in [-0.4, -0.2) is 20.1 Å². The summed E-state index contributed by atoms with van der Waals surface area (Å²) in [5.41, 5.74) is 2.09. The first-order valence-corrected chi connectivity index (χ1v) is 6.48. The van der Waals surface area contributed by atoms with Gasteiger partial charge in [-0.25, -0.2) is 9.37 Å². The second-order valence-corrected chi connectivity index (χ2v) is 4.77. The molecule has 0 radical (unpaired) electrons. The lowest BCUT2D eigenvalue weighted by Gasteiger charge is -2.01. The van der Waals surface area contributed by atoms with Gasteiger partial charge < -0.3 is 0 Å². The first-order valence-electron chi connectivity index (χ1n) is 6.48. The third kappa shape index (κ3) is 2.56. The first kappa shape index (κ1) is 13.9. The number of benzene rings is 2. The molecule has 0 saturated heterocycles. The minimum Gasteiger partial charge on any atom is -0.259 e. The molecule has 1 aromatic heterocycles. The Bertz CT molecular complexity index is 843. The Labute approximate surface area is 124 Å². The zero-order valence-electron chi connectivity index (χ0n) is 11.6. The van der Waals surface area contributed by atoms with E-state index >= 15 is 0 Å². The van der Waals surface area contributed by atoms with Gasteiger partial charge in [0.15, 0.2) is 11.6 Å². The molecule has 0 aliphatic carbocycles. The molecule has 0 saturated carbocycles. The fraction of sp³-hybridized carbons (Fsp3) is 0.0667. The number of nitro benzene ring substituents is 1. The second kappa shape index (κ2) is 5.36. The first-order chi connectivity index (χ1) is 10.5. The van der Waals surface area contributed by atoms with Crippen molar-refractivity contribution in [3.63, 3.8) is 0 Å². The van der Waals surface area contributed by atoms with Crippen molar-refractivity contribution in [1.82, 2.24) is 15.2 Å². The predicted octanol–water partition coefficient (Wildman–Crippen LogP) is 3.49. The molecule has 0 aliphatic rings. The number of aromatic nitrogens is 3. The van der Waals surface area contributed by atoms with Crippen molar-refractivity contribution >= 4 is 5.69 Å². The highest BCUT2D eigenvalue weighted by Crippen LogP contribution is 2.26. The summed E-state index contributed by atoms with van der Waals surface area (Å²) in [6.45, 7) is 1.83. The SMILES string of the molecule is Cc1ccc([N+](=O)[O-])cc1-c1nc(-c2ccc(F)cc2)n[nH]1. The Kier molecular flexibility index (Phi) is 3.38. The minimum absolute atomic E-state index is 0.0136. The average molecular weight is 298 g/mol. The monoisotopic (exact) mass is 298 g/mol. The third-order valence-electron chi connectivity index (χ3n) is 3.27. The Hall–Kier alpha value is -3.09. The van der Waals surface area contributed by atoms with E-state index < -0.39 is 4.92 Å². The predicted molar refractivity (Wildman–Crippen MR) is 78.6 cm³/mol. The standard InChI is InChI=1S/C15H11FN4O2/c1-9-2-7-12(20(21)22)8-13(9)15-17-14(18-19-15)10-3-5-11(16)6-4-10/h2-8H,1H3,(H,17,18,19). The number of hydrogen-bond donors (Lipinski definition) is 1. The lowest BCUT2D eigenvalue weighted by Crippen LogP contribution is -1.91. The van der Waals surface area contributed by atoms with Gasteiger partial charge in [0.05, 0.1) is 4.92 Å². The molecular formula is C15H11FN4O2. The lowest BCUT2D eigenvalue weighted by atomic mass is 10.1. The van der Waals surface area contributed by atoms with Crippen molar-refractivity contribution < 1.29 is 9.31 Å². The molecule has 22 heavy (non-hydrogen) atoms. The van der Waals surface area contributed by atoms with Gasteiger partial charge >= 0.3 is 0 Å². The van der Waals surface area contributed by atoms with Crippen LogP contribution in [0.25, 0.3) is 22.8 Å². The summed E-state index contributed by atoms with van der Waals surface area (Å²) in [6, 6.07) is 10.3. The van der Waals surface area contributed by atoms with E-state index in [9.17, 15) is 14.5 Å². The van der Waals surface area contributed by atoms with Crippen LogP contribution in [0.4, 0.5) is 10.1 Å². The van der Waals surface area contributed by atoms with Crippen LogP contribution in [0.3, 0.4) is 0 Å². The Morgan fingerprint density at radius 3 is 2.59 bits per heavy atom. The maximum absolute atomic E-state index is 12.9. The molecule has 0 bridgehead atoms. The van der Waals surface area contributed by atoms with Crippen molar-refractivity contribution in [2.45, 2.75) is 6.92 Å². The fourth-order valence-electron chi connectivity index (χ4n) is 2.09. The molecule has 0 fully saturated rings. The third-order valence-corrected chi connectivity index (χ3v) is 3.27. The second-order valence-electron chi connectivity index (χ2n) is 4.77. The van der Waals surface area contributed by atoms with E-state index in [1.807, 2.05) is 6.92 Å². The summed E-state index contributed by atoms with van der Waals surface area (Å²) < 4.78 is 12.9. The lowest BCUT2D eigenvalue weighted by molar-refractivity contribution is -0.384. The Morgan fingerprint density at radius 2 is 1.91 bits per heavy atom. The van der Waals surface area contributed by atoms with Crippen molar-refractivity contribution in [2.24, 2.45) is 0 Å². The van der Waals surface area contributed by atoms with Gasteiger partial charge in [-0.2, -0.15) is 5.10 Å². The number of H-pyrrole nitrogens is 1. The van der Waals surface area contributed by atoms with E-state index in [2.05, 4.69) is 15.2 Å². The molecule has 7 heteroatoms. The van der Waals surface area contributed by atoms with Gasteiger partial charge in [-0.15, -0.1) is 0 Å². The van der Waals surface area contributed by atoms with Crippen molar-refractivity contribution in [1.29, 1.82) is 0 Å². The summed E-state index contributed by atoms with van der Waals surface area (Å²) >= 11 is 0. The van der Waals surface area contributed by atoms with Crippen molar-refractivity contribution in [3.05, 3.63) is 64.0 Å². The maximum atomic E-state index is 12.9. The number of aryl methyl sites for hydroxylation is 1. The van der Waals surface area contributed by atoms with E-state index in [-0.39, 0.29) is 11.5 Å². The van der Waals surface area contributed by atoms with Crippen LogP contribution >= 0.6 is 0 Å². The molecule has 0 atom stereocenters. The van der Waals surface area contributed by atoms with Crippen LogP contribution in [0, 0.1) is 22.9 Å². The normalized spacial score (nSPS) is 10.6. The largest absolute Gasteiger partial charge is 0.270 e. The molecule has 3 aromatic rings. The minimum atomic E-state index is -0.458. The maximum Gasteiger partial charge on any atom is 0.270 e. The number of nitro groups is 1. The van der Waals surface area contributed by atoms with Crippen LogP contribution in [0.15, 0.2) is 42.5 Å². The van der Waals surface area contributed by atoms with Gasteiger partial charge in [0, 0.05) is 23.3 Å². The van der Waals surface area contributed by atoms with E-state index in [1.165, 1.54) is 24.3 Å². The molecular weight excluding hydrogens is 287 g/mol. The topological polar surface area (TPSA) is 84.7 Å². The molecule has 2 aromatic carbocycles. The quantitative estimate of drug-likeness (QED) is 0.592. The van der Waals surface area contributed by atoms with Crippen molar-refractivity contribution in [3.8, 4) is 22.8 Å². The molecule has 3 rings (SSSR count). The highest BCUT2D eigenvalue weighted by Gasteiger charge is 2.14. The van der Waals surface area contributed by atoms with Crippen LogP contribution in [0.5, 0.6) is 0 Å². The van der Waals surface area contributed by atoms with E-state index in [4.69, 9.17) is 0 Å². The number of non-ortho nitro benzene ring substituents is 1. The van der Waals surface area contributed by atoms with Gasteiger partial charge in [0.1, 0.15) is 5.82 Å². The van der Waals surface area contributed by atoms with Crippen LogP contribution in [-0.2, 0) is 0 Å². The fourth-order valence-corrected chi connectivity index (χ4v) is 2.09. The van der Waals surface area contributed by atoms with Gasteiger partial charge in [-0.3, -0.25) is 15.2 Å². The molecule has 0 unspecified atom stereocenters. The van der Waals surface area contributed by atoms with Gasteiger partial charge in [0.2, 0.25) is 0 Å².